The number of halogens is 2. The van der Waals surface area contributed by atoms with Crippen LogP contribution in [0.1, 0.15) is 5.56 Å². The van der Waals surface area contributed by atoms with Crippen LogP contribution < -0.4 is 5.73 Å². The summed E-state index contributed by atoms with van der Waals surface area (Å²) in [5.74, 6) is 0.600. The summed E-state index contributed by atoms with van der Waals surface area (Å²) in [7, 11) is 0. The highest BCUT2D eigenvalue weighted by Gasteiger charge is 2.14. The summed E-state index contributed by atoms with van der Waals surface area (Å²) >= 11 is 9.65. The fourth-order valence-corrected chi connectivity index (χ4v) is 2.81. The zero-order valence-corrected chi connectivity index (χ0v) is 12.5. The van der Waals surface area contributed by atoms with Gasteiger partial charge in [0.15, 0.2) is 0 Å². The van der Waals surface area contributed by atoms with E-state index in [1.807, 2.05) is 47.9 Å². The standard InChI is InChI=1S/C14H11BrClN3/c1-8-2-5-12-18-13(14(17)19(12)7-8)10-4-3-9(15)6-11(10)16/h2-7H,17H2,1H3. The largest absolute Gasteiger partial charge is 0.383 e. The quantitative estimate of drug-likeness (QED) is 0.719. The summed E-state index contributed by atoms with van der Waals surface area (Å²) in [6.45, 7) is 2.02. The van der Waals surface area contributed by atoms with Crippen LogP contribution in [0.5, 0.6) is 0 Å². The number of imidazole rings is 1. The number of aromatic nitrogens is 2. The van der Waals surface area contributed by atoms with E-state index in [-0.39, 0.29) is 0 Å². The molecule has 3 rings (SSSR count). The summed E-state index contributed by atoms with van der Waals surface area (Å²) in [5, 5.41) is 0.626. The van der Waals surface area contributed by atoms with Gasteiger partial charge in [0.2, 0.25) is 0 Å². The van der Waals surface area contributed by atoms with Gasteiger partial charge in [-0.1, -0.05) is 39.7 Å². The highest BCUT2D eigenvalue weighted by molar-refractivity contribution is 9.10. The molecule has 96 valence electrons. The number of fused-ring (bicyclic) bond motifs is 1. The summed E-state index contributed by atoms with van der Waals surface area (Å²) in [5.41, 5.74) is 9.67. The van der Waals surface area contributed by atoms with Gasteiger partial charge in [0.25, 0.3) is 0 Å². The minimum Gasteiger partial charge on any atom is -0.383 e. The van der Waals surface area contributed by atoms with Gasteiger partial charge in [-0.15, -0.1) is 0 Å². The van der Waals surface area contributed by atoms with Gasteiger partial charge in [0, 0.05) is 16.2 Å². The van der Waals surface area contributed by atoms with E-state index in [0.717, 1.165) is 21.2 Å². The summed E-state index contributed by atoms with van der Waals surface area (Å²) < 4.78 is 2.81. The van der Waals surface area contributed by atoms with Crippen LogP contribution in [0.4, 0.5) is 5.82 Å². The molecule has 0 unspecified atom stereocenters. The smallest absolute Gasteiger partial charge is 0.139 e. The number of hydrogen-bond donors (Lipinski definition) is 1. The van der Waals surface area contributed by atoms with Crippen molar-refractivity contribution in [2.45, 2.75) is 6.92 Å². The molecule has 2 N–H and O–H groups in total. The van der Waals surface area contributed by atoms with E-state index in [9.17, 15) is 0 Å². The molecule has 0 bridgehead atoms. The third-order valence-electron chi connectivity index (χ3n) is 2.99. The Morgan fingerprint density at radius 2 is 2.05 bits per heavy atom. The van der Waals surface area contributed by atoms with Crippen LogP contribution in [-0.2, 0) is 0 Å². The molecule has 5 heteroatoms. The van der Waals surface area contributed by atoms with Crippen molar-refractivity contribution >= 4 is 39.0 Å². The molecule has 3 aromatic rings. The van der Waals surface area contributed by atoms with Crippen molar-refractivity contribution in [2.24, 2.45) is 0 Å². The molecule has 2 aromatic heterocycles. The molecule has 3 nitrogen and oxygen atoms in total. The molecular formula is C14H11BrClN3. The molecule has 0 saturated heterocycles. The molecule has 0 atom stereocenters. The number of pyridine rings is 1. The maximum absolute atomic E-state index is 6.26. The van der Waals surface area contributed by atoms with Gasteiger partial charge < -0.3 is 5.73 Å². The van der Waals surface area contributed by atoms with E-state index in [4.69, 9.17) is 17.3 Å². The van der Waals surface area contributed by atoms with Crippen molar-refractivity contribution in [3.8, 4) is 11.3 Å². The Labute approximate surface area is 124 Å². The molecule has 0 fully saturated rings. The number of rotatable bonds is 1. The Hall–Kier alpha value is -1.52. The Kier molecular flexibility index (Phi) is 2.99. The molecule has 0 radical (unpaired) electrons. The van der Waals surface area contributed by atoms with Gasteiger partial charge >= 0.3 is 0 Å². The van der Waals surface area contributed by atoms with E-state index < -0.39 is 0 Å². The number of hydrogen-bond acceptors (Lipinski definition) is 2. The van der Waals surface area contributed by atoms with Gasteiger partial charge in [0.1, 0.15) is 17.2 Å². The molecule has 0 aliphatic rings. The average Bonchev–Trinajstić information content (AvgIpc) is 2.67. The molecule has 0 saturated carbocycles. The Bertz CT molecular complexity index is 780. The van der Waals surface area contributed by atoms with Crippen molar-refractivity contribution in [1.82, 2.24) is 9.38 Å². The second-order valence-corrected chi connectivity index (χ2v) is 5.73. The molecule has 0 aliphatic heterocycles. The molecule has 0 spiro atoms. The second-order valence-electron chi connectivity index (χ2n) is 4.40. The van der Waals surface area contributed by atoms with Crippen molar-refractivity contribution < 1.29 is 0 Å². The van der Waals surface area contributed by atoms with Crippen molar-refractivity contribution in [3.05, 3.63) is 51.6 Å². The third-order valence-corrected chi connectivity index (χ3v) is 3.80. The van der Waals surface area contributed by atoms with Crippen LogP contribution >= 0.6 is 27.5 Å². The molecular weight excluding hydrogens is 326 g/mol. The van der Waals surface area contributed by atoms with E-state index in [1.54, 1.807) is 0 Å². The fourth-order valence-electron chi connectivity index (χ4n) is 2.05. The Morgan fingerprint density at radius 1 is 1.26 bits per heavy atom. The average molecular weight is 337 g/mol. The normalized spacial score (nSPS) is 11.1. The van der Waals surface area contributed by atoms with Crippen LogP contribution in [0.2, 0.25) is 5.02 Å². The van der Waals surface area contributed by atoms with E-state index >= 15 is 0 Å². The third kappa shape index (κ3) is 2.11. The van der Waals surface area contributed by atoms with Crippen LogP contribution in [0.15, 0.2) is 41.0 Å². The van der Waals surface area contributed by atoms with Gasteiger partial charge in [-0.3, -0.25) is 4.40 Å². The van der Waals surface area contributed by atoms with Crippen molar-refractivity contribution in [2.75, 3.05) is 5.73 Å². The Morgan fingerprint density at radius 3 is 2.79 bits per heavy atom. The Balaban J connectivity index is 2.28. The number of nitrogens with two attached hydrogens (primary N) is 1. The summed E-state index contributed by atoms with van der Waals surface area (Å²) in [6, 6.07) is 9.63. The van der Waals surface area contributed by atoms with Crippen LogP contribution in [0, 0.1) is 6.92 Å². The number of nitrogens with zero attached hydrogens (tertiary/aromatic N) is 2. The van der Waals surface area contributed by atoms with Crippen molar-refractivity contribution in [3.63, 3.8) is 0 Å². The predicted molar refractivity (Wildman–Crippen MR) is 82.5 cm³/mol. The van der Waals surface area contributed by atoms with E-state index in [0.29, 0.717) is 16.5 Å². The van der Waals surface area contributed by atoms with Gasteiger partial charge in [-0.25, -0.2) is 4.98 Å². The first kappa shape index (κ1) is 12.5. The van der Waals surface area contributed by atoms with E-state index in [2.05, 4.69) is 20.9 Å². The van der Waals surface area contributed by atoms with Gasteiger partial charge in [-0.05, 0) is 30.7 Å². The first-order chi connectivity index (χ1) is 9.06. The highest BCUT2D eigenvalue weighted by atomic mass is 79.9. The number of aryl methyl sites for hydroxylation is 1. The monoisotopic (exact) mass is 335 g/mol. The lowest BCUT2D eigenvalue weighted by atomic mass is 10.1. The van der Waals surface area contributed by atoms with Crippen LogP contribution in [-0.4, -0.2) is 9.38 Å². The molecule has 0 aliphatic carbocycles. The molecule has 19 heavy (non-hydrogen) atoms. The first-order valence-corrected chi connectivity index (χ1v) is 6.93. The SMILES string of the molecule is Cc1ccc2nc(-c3ccc(Br)cc3Cl)c(N)n2c1. The minimum atomic E-state index is 0.600. The lowest BCUT2D eigenvalue weighted by Crippen LogP contribution is -1.94. The fraction of sp³-hybridized carbons (Fsp3) is 0.0714. The summed E-state index contributed by atoms with van der Waals surface area (Å²) in [6.07, 6.45) is 1.97. The number of nitrogen functional groups attached to an aromatic ring is 1. The van der Waals surface area contributed by atoms with Crippen LogP contribution in [0.3, 0.4) is 0 Å². The minimum absolute atomic E-state index is 0.600. The topological polar surface area (TPSA) is 43.3 Å². The lowest BCUT2D eigenvalue weighted by Gasteiger charge is -2.03. The van der Waals surface area contributed by atoms with Gasteiger partial charge in [-0.2, -0.15) is 0 Å². The first-order valence-electron chi connectivity index (χ1n) is 5.76. The maximum atomic E-state index is 6.26. The van der Waals surface area contributed by atoms with Crippen LogP contribution in [0.25, 0.3) is 16.9 Å². The molecule has 1 aromatic carbocycles. The zero-order valence-electron chi connectivity index (χ0n) is 10.2. The maximum Gasteiger partial charge on any atom is 0.139 e. The lowest BCUT2D eigenvalue weighted by molar-refractivity contribution is 1.16. The van der Waals surface area contributed by atoms with Gasteiger partial charge in [0.05, 0.1) is 5.02 Å². The van der Waals surface area contributed by atoms with Crippen molar-refractivity contribution in [1.29, 1.82) is 0 Å². The zero-order chi connectivity index (χ0) is 13.6. The predicted octanol–water partition coefficient (Wildman–Crippen LogP) is 4.31. The molecule has 0 amide bonds. The highest BCUT2D eigenvalue weighted by Crippen LogP contribution is 2.33. The number of benzene rings is 1. The second kappa shape index (κ2) is 4.54. The molecule has 2 heterocycles. The van der Waals surface area contributed by atoms with E-state index in [1.165, 1.54) is 0 Å². The number of anilines is 1. The summed E-state index contributed by atoms with van der Waals surface area (Å²) in [4.78, 5) is 4.55.